The van der Waals surface area contributed by atoms with E-state index in [2.05, 4.69) is 55.6 Å². The first-order valence-corrected chi connectivity index (χ1v) is 39.4. The van der Waals surface area contributed by atoms with Crippen molar-refractivity contribution in [3.05, 3.63) is 48.6 Å². The van der Waals surface area contributed by atoms with Gasteiger partial charge in [-0.15, -0.1) is 0 Å². The van der Waals surface area contributed by atoms with Gasteiger partial charge in [-0.1, -0.05) is 383 Å². The number of ether oxygens (including phenoxy) is 1. The van der Waals surface area contributed by atoms with E-state index in [0.717, 1.165) is 51.4 Å². The fourth-order valence-electron chi connectivity index (χ4n) is 12.3. The van der Waals surface area contributed by atoms with Crippen molar-refractivity contribution in [1.82, 2.24) is 5.32 Å². The number of carbonyl (C=O) groups excluding carboxylic acids is 2. The van der Waals surface area contributed by atoms with Crippen LogP contribution < -0.4 is 5.32 Å². The van der Waals surface area contributed by atoms with E-state index < -0.39 is 12.1 Å². The van der Waals surface area contributed by atoms with Gasteiger partial charge in [0.05, 0.1) is 25.4 Å². The smallest absolute Gasteiger partial charge is 0.305 e. The third-order valence-electron chi connectivity index (χ3n) is 18.3. The molecular formula is C81H153NO5. The second kappa shape index (κ2) is 76.3. The quantitative estimate of drug-likeness (QED) is 0.0320. The predicted molar refractivity (Wildman–Crippen MR) is 384 cm³/mol. The fraction of sp³-hybridized carbons (Fsp3) is 0.877. The number of carbonyl (C=O) groups is 2. The van der Waals surface area contributed by atoms with E-state index in [1.54, 1.807) is 6.08 Å². The molecule has 0 bridgehead atoms. The minimum Gasteiger partial charge on any atom is -0.466 e. The molecule has 0 aliphatic carbocycles. The van der Waals surface area contributed by atoms with Crippen LogP contribution in [0.1, 0.15) is 431 Å². The Morgan fingerprint density at radius 1 is 0.322 bits per heavy atom. The maximum atomic E-state index is 12.6. The molecule has 0 rings (SSSR count). The molecule has 0 aliphatic rings. The Balaban J connectivity index is 3.40. The molecule has 0 spiro atoms. The Kier molecular flexibility index (Phi) is 74.4. The molecule has 0 saturated carbocycles. The van der Waals surface area contributed by atoms with E-state index in [0.29, 0.717) is 19.4 Å². The van der Waals surface area contributed by atoms with Crippen molar-refractivity contribution in [2.24, 2.45) is 0 Å². The number of rotatable bonds is 74. The minimum absolute atomic E-state index is 0.00570. The number of esters is 1. The molecule has 0 fully saturated rings. The first kappa shape index (κ1) is 84.8. The highest BCUT2D eigenvalue weighted by Gasteiger charge is 2.18. The maximum absolute atomic E-state index is 12.6. The summed E-state index contributed by atoms with van der Waals surface area (Å²) in [6.45, 7) is 4.90. The van der Waals surface area contributed by atoms with Crippen LogP contribution in [0, 0.1) is 0 Å². The van der Waals surface area contributed by atoms with E-state index in [4.69, 9.17) is 4.74 Å². The summed E-state index contributed by atoms with van der Waals surface area (Å²) >= 11 is 0. The molecule has 6 heteroatoms. The third kappa shape index (κ3) is 72.8. The van der Waals surface area contributed by atoms with Crippen LogP contribution in [0.25, 0.3) is 0 Å². The van der Waals surface area contributed by atoms with Crippen LogP contribution in [-0.2, 0) is 14.3 Å². The van der Waals surface area contributed by atoms with Crippen molar-refractivity contribution < 1.29 is 24.5 Å². The van der Waals surface area contributed by atoms with Gasteiger partial charge in [0, 0.05) is 12.8 Å². The Morgan fingerprint density at radius 2 is 0.586 bits per heavy atom. The first-order chi connectivity index (χ1) is 43.0. The van der Waals surface area contributed by atoms with E-state index in [-0.39, 0.29) is 18.5 Å². The topological polar surface area (TPSA) is 95.9 Å². The predicted octanol–water partition coefficient (Wildman–Crippen LogP) is 26.0. The number of aliphatic hydroxyl groups excluding tert-OH is 2. The second-order valence-corrected chi connectivity index (χ2v) is 27.0. The summed E-state index contributed by atoms with van der Waals surface area (Å²) in [5.74, 6) is -0.0554. The van der Waals surface area contributed by atoms with Crippen molar-refractivity contribution in [2.45, 2.75) is 443 Å². The summed E-state index contributed by atoms with van der Waals surface area (Å²) in [7, 11) is 0. The van der Waals surface area contributed by atoms with Gasteiger partial charge in [0.2, 0.25) is 5.91 Å². The highest BCUT2D eigenvalue weighted by molar-refractivity contribution is 5.76. The number of allylic oxidation sites excluding steroid dienone is 7. The van der Waals surface area contributed by atoms with Crippen LogP contribution in [0.4, 0.5) is 0 Å². The lowest BCUT2D eigenvalue weighted by Crippen LogP contribution is -2.45. The lowest BCUT2D eigenvalue weighted by molar-refractivity contribution is -0.143. The Hall–Kier alpha value is -2.18. The first-order valence-electron chi connectivity index (χ1n) is 39.4. The minimum atomic E-state index is -0.845. The highest BCUT2D eigenvalue weighted by Crippen LogP contribution is 2.19. The zero-order valence-corrected chi connectivity index (χ0v) is 58.8. The van der Waals surface area contributed by atoms with E-state index in [1.807, 2.05) is 6.08 Å². The fourth-order valence-corrected chi connectivity index (χ4v) is 12.3. The summed E-state index contributed by atoms with van der Waals surface area (Å²) in [4.78, 5) is 24.6. The zero-order valence-electron chi connectivity index (χ0n) is 58.8. The van der Waals surface area contributed by atoms with Gasteiger partial charge in [0.15, 0.2) is 0 Å². The molecule has 6 nitrogen and oxygen atoms in total. The molecule has 0 radical (unpaired) electrons. The van der Waals surface area contributed by atoms with Gasteiger partial charge in [-0.05, 0) is 83.5 Å². The van der Waals surface area contributed by atoms with Gasteiger partial charge >= 0.3 is 5.97 Å². The van der Waals surface area contributed by atoms with Gasteiger partial charge in [0.25, 0.3) is 0 Å². The normalized spacial score (nSPS) is 12.7. The SMILES string of the molecule is CCCC/C=C\CCCCCCCC(=O)OCCCCCCCCCCCCC/C=C\C/C=C\CCCCCCCCCCCCCCCCCCCC(=O)NC(CO)C(O)/C=C/CCCCCCCCCCCCCCCCCCCCCCCC. The summed E-state index contributed by atoms with van der Waals surface area (Å²) in [5.41, 5.74) is 0. The Labute approximate surface area is 544 Å². The molecule has 0 saturated heterocycles. The molecule has 3 N–H and O–H groups in total. The van der Waals surface area contributed by atoms with Crippen LogP contribution in [0.2, 0.25) is 0 Å². The van der Waals surface area contributed by atoms with Gasteiger partial charge in [-0.3, -0.25) is 9.59 Å². The molecular weight excluding hydrogens is 1070 g/mol. The van der Waals surface area contributed by atoms with E-state index in [1.165, 1.54) is 353 Å². The highest BCUT2D eigenvalue weighted by atomic mass is 16.5. The molecule has 0 aliphatic heterocycles. The van der Waals surface area contributed by atoms with Crippen LogP contribution in [0.15, 0.2) is 48.6 Å². The average molecular weight is 1220 g/mol. The van der Waals surface area contributed by atoms with Crippen LogP contribution in [0.3, 0.4) is 0 Å². The van der Waals surface area contributed by atoms with Crippen LogP contribution in [-0.4, -0.2) is 47.4 Å². The molecule has 2 atom stereocenters. The third-order valence-corrected chi connectivity index (χ3v) is 18.3. The molecule has 87 heavy (non-hydrogen) atoms. The van der Waals surface area contributed by atoms with Crippen molar-refractivity contribution in [2.75, 3.05) is 13.2 Å². The number of unbranched alkanes of at least 4 members (excludes halogenated alkanes) is 57. The van der Waals surface area contributed by atoms with Crippen molar-refractivity contribution >= 4 is 11.9 Å². The number of nitrogens with one attached hydrogen (secondary N) is 1. The lowest BCUT2D eigenvalue weighted by Gasteiger charge is -2.20. The lowest BCUT2D eigenvalue weighted by atomic mass is 10.0. The molecule has 1 amide bonds. The molecule has 0 aromatic heterocycles. The summed E-state index contributed by atoms with van der Waals surface area (Å²) in [6.07, 6.45) is 101. The van der Waals surface area contributed by atoms with Gasteiger partial charge in [0.1, 0.15) is 0 Å². The molecule has 0 aromatic rings. The molecule has 0 aromatic carbocycles. The maximum Gasteiger partial charge on any atom is 0.305 e. The van der Waals surface area contributed by atoms with Crippen LogP contribution in [0.5, 0.6) is 0 Å². The van der Waals surface area contributed by atoms with E-state index >= 15 is 0 Å². The van der Waals surface area contributed by atoms with Gasteiger partial charge < -0.3 is 20.3 Å². The van der Waals surface area contributed by atoms with Crippen LogP contribution >= 0.6 is 0 Å². The van der Waals surface area contributed by atoms with E-state index in [9.17, 15) is 19.8 Å². The molecule has 512 valence electrons. The molecule has 2 unspecified atom stereocenters. The number of hydrogen-bond acceptors (Lipinski definition) is 5. The zero-order chi connectivity index (χ0) is 62.8. The standard InChI is InChI=1S/C81H153NO5/c1-3-5-7-9-11-13-15-16-17-18-19-20-21-35-38-41-44-47-50-54-57-61-65-69-73-79(84)78(77-83)82-80(85)74-70-66-62-58-55-51-48-45-42-39-36-33-31-29-27-25-23-22-24-26-28-30-32-34-37-40-43-46-49-52-56-60-64-68-72-76-87-81(86)75-71-67-63-59-53-14-12-10-8-6-4-2/h10,12,24,26,30,32,69,73,78-79,83-84H,3-9,11,13-23,25,27-29,31,33-68,70-72,74-77H2,1-2H3,(H,82,85)/b12-10-,26-24-,32-30-,73-69+. The largest absolute Gasteiger partial charge is 0.466 e. The van der Waals surface area contributed by atoms with Crippen molar-refractivity contribution in [3.8, 4) is 0 Å². The van der Waals surface area contributed by atoms with Gasteiger partial charge in [-0.2, -0.15) is 0 Å². The van der Waals surface area contributed by atoms with Crippen molar-refractivity contribution in [3.63, 3.8) is 0 Å². The second-order valence-electron chi connectivity index (χ2n) is 27.0. The number of aliphatic hydroxyl groups is 2. The summed E-state index contributed by atoms with van der Waals surface area (Å²) in [6, 6.07) is -0.628. The Bertz CT molecular complexity index is 1450. The number of hydrogen-bond donors (Lipinski definition) is 3. The summed E-state index contributed by atoms with van der Waals surface area (Å²) < 4.78 is 5.47. The summed E-state index contributed by atoms with van der Waals surface area (Å²) in [5, 5.41) is 23.3. The Morgan fingerprint density at radius 3 is 0.920 bits per heavy atom. The average Bonchev–Trinajstić information content (AvgIpc) is 3.54. The monoisotopic (exact) mass is 1220 g/mol. The van der Waals surface area contributed by atoms with Crippen molar-refractivity contribution in [1.29, 1.82) is 0 Å². The molecule has 0 heterocycles. The van der Waals surface area contributed by atoms with Gasteiger partial charge in [-0.25, -0.2) is 0 Å². The number of amides is 1.